The van der Waals surface area contributed by atoms with Gasteiger partial charge >= 0.3 is 11.9 Å². The molecule has 2 heterocycles. The van der Waals surface area contributed by atoms with Crippen molar-refractivity contribution in [3.8, 4) is 0 Å². The van der Waals surface area contributed by atoms with Gasteiger partial charge in [-0.25, -0.2) is 0 Å². The van der Waals surface area contributed by atoms with Gasteiger partial charge in [-0.3, -0.25) is 9.59 Å². The predicted molar refractivity (Wildman–Crippen MR) is 64.2 cm³/mol. The van der Waals surface area contributed by atoms with Gasteiger partial charge < -0.3 is 19.7 Å². The van der Waals surface area contributed by atoms with Crippen LogP contribution in [-0.4, -0.2) is 46.6 Å². The third-order valence-electron chi connectivity index (χ3n) is 5.63. The molecule has 2 saturated carbocycles. The van der Waals surface area contributed by atoms with E-state index >= 15 is 0 Å². The van der Waals surface area contributed by atoms with Gasteiger partial charge in [0.15, 0.2) is 0 Å². The smallest absolute Gasteiger partial charge is 0.309 e. The molecule has 0 aromatic heterocycles. The Labute approximate surface area is 116 Å². The van der Waals surface area contributed by atoms with Crippen molar-refractivity contribution in [3.63, 3.8) is 0 Å². The maximum Gasteiger partial charge on any atom is 0.309 e. The Kier molecular flexibility index (Phi) is 2.63. The van der Waals surface area contributed by atoms with Crippen LogP contribution in [0, 0.1) is 23.7 Å². The molecule has 110 valence electrons. The van der Waals surface area contributed by atoms with Crippen molar-refractivity contribution in [2.45, 2.75) is 50.1 Å². The zero-order valence-electron chi connectivity index (χ0n) is 11.0. The summed E-state index contributed by atoms with van der Waals surface area (Å²) in [5, 5.41) is 20.6. The highest BCUT2D eigenvalue weighted by atomic mass is 16.6. The Bertz CT molecular complexity index is 421. The van der Waals surface area contributed by atoms with Crippen molar-refractivity contribution in [3.05, 3.63) is 0 Å². The molecule has 0 bridgehead atoms. The molecule has 6 nitrogen and oxygen atoms in total. The lowest BCUT2D eigenvalue weighted by molar-refractivity contribution is -0.163. The minimum atomic E-state index is -1.17. The quantitative estimate of drug-likeness (QED) is 0.685. The fraction of sp³-hybridized carbons (Fsp3) is 0.857. The minimum Gasteiger partial charge on any atom is -0.459 e. The molecule has 0 radical (unpaired) electrons. The highest BCUT2D eigenvalue weighted by molar-refractivity contribution is 5.77. The predicted octanol–water partition coefficient (Wildman–Crippen LogP) is -0.389. The van der Waals surface area contributed by atoms with E-state index in [1.54, 1.807) is 0 Å². The normalized spacial score (nSPS) is 48.3. The number of hydrogen-bond acceptors (Lipinski definition) is 6. The average molecular weight is 282 g/mol. The molecular weight excluding hydrogens is 264 g/mol. The Balaban J connectivity index is 1.47. The highest BCUT2D eigenvalue weighted by Crippen LogP contribution is 2.48. The number of aliphatic hydroxyl groups is 2. The summed E-state index contributed by atoms with van der Waals surface area (Å²) >= 11 is 0. The first-order valence-corrected chi connectivity index (χ1v) is 7.35. The second kappa shape index (κ2) is 4.18. The van der Waals surface area contributed by atoms with Crippen LogP contribution in [0.1, 0.15) is 25.7 Å². The molecule has 6 heteroatoms. The van der Waals surface area contributed by atoms with Crippen LogP contribution in [0.25, 0.3) is 0 Å². The first kappa shape index (κ1) is 12.6. The van der Waals surface area contributed by atoms with Crippen molar-refractivity contribution >= 4 is 11.9 Å². The molecule has 2 aliphatic carbocycles. The van der Waals surface area contributed by atoms with Crippen LogP contribution in [0.5, 0.6) is 0 Å². The summed E-state index contributed by atoms with van der Waals surface area (Å²) in [5.74, 6) is -0.790. The summed E-state index contributed by atoms with van der Waals surface area (Å²) in [6.45, 7) is 0. The fourth-order valence-electron chi connectivity index (χ4n) is 4.08. The summed E-state index contributed by atoms with van der Waals surface area (Å²) < 4.78 is 10.4. The first-order valence-electron chi connectivity index (χ1n) is 7.35. The van der Waals surface area contributed by atoms with Crippen molar-refractivity contribution in [1.82, 2.24) is 0 Å². The number of esters is 2. The Morgan fingerprint density at radius 1 is 0.800 bits per heavy atom. The average Bonchev–Trinajstić information content (AvgIpc) is 2.66. The van der Waals surface area contributed by atoms with Crippen LogP contribution < -0.4 is 0 Å². The summed E-state index contributed by atoms with van der Waals surface area (Å²) in [6, 6.07) is 0. The molecule has 0 amide bonds. The van der Waals surface area contributed by atoms with Gasteiger partial charge in [0.2, 0.25) is 0 Å². The molecule has 0 spiro atoms. The number of rotatable bonds is 3. The van der Waals surface area contributed by atoms with Gasteiger partial charge in [0, 0.05) is 11.8 Å². The van der Waals surface area contributed by atoms with E-state index in [0.29, 0.717) is 0 Å². The number of hydrogen-bond donors (Lipinski definition) is 2. The van der Waals surface area contributed by atoms with Gasteiger partial charge in [-0.2, -0.15) is 0 Å². The molecule has 2 aliphatic heterocycles. The Hall–Kier alpha value is -1.14. The monoisotopic (exact) mass is 282 g/mol. The minimum absolute atomic E-state index is 0.00134. The van der Waals surface area contributed by atoms with Crippen molar-refractivity contribution in [1.29, 1.82) is 0 Å². The van der Waals surface area contributed by atoms with Gasteiger partial charge in [-0.15, -0.1) is 0 Å². The van der Waals surface area contributed by atoms with Crippen LogP contribution >= 0.6 is 0 Å². The summed E-state index contributed by atoms with van der Waals surface area (Å²) in [5.41, 5.74) is 0. The number of aliphatic hydroxyl groups excluding tert-OH is 2. The molecule has 4 aliphatic rings. The number of fused-ring (bicyclic) bond motifs is 2. The van der Waals surface area contributed by atoms with Gasteiger partial charge in [-0.05, 0) is 25.7 Å². The van der Waals surface area contributed by atoms with Gasteiger partial charge in [0.05, 0.1) is 11.8 Å². The molecule has 2 saturated heterocycles. The largest absolute Gasteiger partial charge is 0.459 e. The maximum absolute atomic E-state index is 11.6. The molecule has 20 heavy (non-hydrogen) atoms. The Morgan fingerprint density at radius 2 is 1.20 bits per heavy atom. The van der Waals surface area contributed by atoms with Crippen LogP contribution in [0.4, 0.5) is 0 Å². The zero-order chi connectivity index (χ0) is 14.0. The van der Waals surface area contributed by atoms with Gasteiger partial charge in [0.25, 0.3) is 0 Å². The summed E-state index contributed by atoms with van der Waals surface area (Å²) in [6.07, 6.45) is -0.401. The second-order valence-corrected chi connectivity index (χ2v) is 6.48. The van der Waals surface area contributed by atoms with Crippen LogP contribution in [0.2, 0.25) is 0 Å². The molecule has 4 rings (SSSR count). The molecular formula is C14H18O6. The highest BCUT2D eigenvalue weighted by Gasteiger charge is 2.58. The van der Waals surface area contributed by atoms with E-state index in [0.717, 1.165) is 25.7 Å². The molecule has 0 aromatic rings. The van der Waals surface area contributed by atoms with E-state index in [1.807, 2.05) is 0 Å². The molecule has 8 atom stereocenters. The number of ether oxygens (including phenoxy) is 2. The maximum atomic E-state index is 11.6. The standard InChI is InChI=1S/C14H18O6/c15-9(11-5-1-3-7(5)13(17)19-11)10(16)12-6-2-4-8(6)14(18)20-12/h5-12,15-16H,1-4H2/t5-,6-,7+,8+,9-,10-,11-,12-/m1/s1. The Morgan fingerprint density at radius 3 is 1.45 bits per heavy atom. The van der Waals surface area contributed by atoms with Crippen LogP contribution in [0.15, 0.2) is 0 Å². The zero-order valence-corrected chi connectivity index (χ0v) is 11.0. The fourth-order valence-corrected chi connectivity index (χ4v) is 4.08. The van der Waals surface area contributed by atoms with Crippen LogP contribution in [-0.2, 0) is 19.1 Å². The lowest BCUT2D eigenvalue weighted by Gasteiger charge is -2.36. The molecule has 0 aromatic carbocycles. The number of carbonyl (C=O) groups excluding carboxylic acids is 2. The van der Waals surface area contributed by atoms with E-state index in [2.05, 4.69) is 0 Å². The van der Waals surface area contributed by atoms with Crippen LogP contribution in [0.3, 0.4) is 0 Å². The van der Waals surface area contributed by atoms with E-state index in [-0.39, 0.29) is 35.6 Å². The lowest BCUT2D eigenvalue weighted by atomic mass is 9.68. The number of carbonyl (C=O) groups is 2. The lowest BCUT2D eigenvalue weighted by Crippen LogP contribution is -2.50. The van der Waals surface area contributed by atoms with E-state index in [1.165, 1.54) is 0 Å². The van der Waals surface area contributed by atoms with E-state index < -0.39 is 24.4 Å². The first-order chi connectivity index (χ1) is 9.58. The molecule has 4 fully saturated rings. The SMILES string of the molecule is O=C1O[C@@H]([C@H](O)[C@@H](O)[C@@H]2OC(=O)[C@H]3CC[C@@H]23)[C@@H]2CC[C@H]12. The third-order valence-corrected chi connectivity index (χ3v) is 5.63. The summed E-state index contributed by atoms with van der Waals surface area (Å²) in [7, 11) is 0. The topological polar surface area (TPSA) is 93.1 Å². The van der Waals surface area contributed by atoms with Gasteiger partial charge in [-0.1, -0.05) is 0 Å². The second-order valence-electron chi connectivity index (χ2n) is 6.48. The van der Waals surface area contributed by atoms with Crippen molar-refractivity contribution < 1.29 is 29.3 Å². The molecule has 2 N–H and O–H groups in total. The van der Waals surface area contributed by atoms with Crippen molar-refractivity contribution in [2.24, 2.45) is 23.7 Å². The summed E-state index contributed by atoms with van der Waals surface area (Å²) in [4.78, 5) is 23.1. The van der Waals surface area contributed by atoms with E-state index in [9.17, 15) is 19.8 Å². The van der Waals surface area contributed by atoms with Gasteiger partial charge in [0.1, 0.15) is 24.4 Å². The van der Waals surface area contributed by atoms with E-state index in [4.69, 9.17) is 9.47 Å². The number of cyclic esters (lactones) is 2. The third kappa shape index (κ3) is 1.52. The van der Waals surface area contributed by atoms with Crippen molar-refractivity contribution in [2.75, 3.05) is 0 Å². The molecule has 0 unspecified atom stereocenters.